The summed E-state index contributed by atoms with van der Waals surface area (Å²) in [6.07, 6.45) is -1.69. The van der Waals surface area contributed by atoms with Crippen LogP contribution in [0, 0.1) is 11.8 Å². The minimum atomic E-state index is -2.94. The predicted molar refractivity (Wildman–Crippen MR) is 111 cm³/mol. The number of amides is 1. The van der Waals surface area contributed by atoms with Gasteiger partial charge in [-0.1, -0.05) is 18.7 Å². The Hall–Kier alpha value is -3.47. The van der Waals surface area contributed by atoms with Gasteiger partial charge in [0.1, 0.15) is 22.8 Å². The summed E-state index contributed by atoms with van der Waals surface area (Å²) in [6, 6.07) is 2.89. The number of aliphatic hydroxyl groups is 4. The number of phenols is 1. The summed E-state index contributed by atoms with van der Waals surface area (Å²) in [7, 11) is 2.88. The van der Waals surface area contributed by atoms with Crippen LogP contribution in [0.25, 0.3) is 11.3 Å². The lowest BCUT2D eigenvalue weighted by Gasteiger charge is -2.52. The van der Waals surface area contributed by atoms with Gasteiger partial charge in [-0.15, -0.1) is 0 Å². The molecule has 1 aromatic carbocycles. The van der Waals surface area contributed by atoms with Crippen LogP contribution in [0.4, 0.5) is 0 Å². The molecule has 5 atom stereocenters. The van der Waals surface area contributed by atoms with E-state index in [1.807, 2.05) is 0 Å². The van der Waals surface area contributed by atoms with E-state index in [0.29, 0.717) is 0 Å². The molecule has 10 nitrogen and oxygen atoms in total. The minimum absolute atomic E-state index is 0.124. The summed E-state index contributed by atoms with van der Waals surface area (Å²) in [4.78, 5) is 39.8. The molecule has 1 fully saturated rings. The number of carbonyl (C=O) groups is 3. The number of carbonyl (C=O) groups excluding carboxylic acids is 3. The normalized spacial score (nSPS) is 32.1. The molecule has 0 radical (unpaired) electrons. The zero-order valence-corrected chi connectivity index (χ0v) is 17.2. The molecule has 0 bridgehead atoms. The summed E-state index contributed by atoms with van der Waals surface area (Å²) in [5, 5.41) is 54.7. The molecule has 0 saturated heterocycles. The molecule has 3 aliphatic carbocycles. The monoisotopic (exact) mass is 442 g/mol. The molecule has 3 aliphatic rings. The Morgan fingerprint density at radius 3 is 2.38 bits per heavy atom. The first-order chi connectivity index (χ1) is 14.9. The van der Waals surface area contributed by atoms with Gasteiger partial charge >= 0.3 is 0 Å². The van der Waals surface area contributed by atoms with Crippen LogP contribution < -0.4 is 5.73 Å². The first kappa shape index (κ1) is 21.8. The van der Waals surface area contributed by atoms with Gasteiger partial charge in [-0.25, -0.2) is 0 Å². The molecule has 0 heterocycles. The van der Waals surface area contributed by atoms with Crippen LogP contribution in [0.3, 0.4) is 0 Å². The Morgan fingerprint density at radius 1 is 1.19 bits per heavy atom. The average molecular weight is 442 g/mol. The van der Waals surface area contributed by atoms with E-state index >= 15 is 0 Å². The van der Waals surface area contributed by atoms with E-state index in [2.05, 4.69) is 6.58 Å². The maximum Gasteiger partial charge on any atom is 0.255 e. The molecule has 32 heavy (non-hydrogen) atoms. The molecule has 1 aromatic rings. The lowest BCUT2D eigenvalue weighted by Crippen LogP contribution is -2.70. The summed E-state index contributed by atoms with van der Waals surface area (Å²) < 4.78 is 0. The van der Waals surface area contributed by atoms with E-state index in [4.69, 9.17) is 5.73 Å². The number of benzene rings is 1. The molecule has 0 spiro atoms. The highest BCUT2D eigenvalue weighted by molar-refractivity contribution is 6.25. The smallest absolute Gasteiger partial charge is 0.255 e. The molecular formula is C22H22N2O8. The molecule has 1 amide bonds. The van der Waals surface area contributed by atoms with Gasteiger partial charge < -0.3 is 31.3 Å². The quantitative estimate of drug-likeness (QED) is 0.326. The van der Waals surface area contributed by atoms with Crippen molar-refractivity contribution in [3.8, 4) is 5.75 Å². The number of aliphatic hydroxyl groups excluding tert-OH is 3. The van der Waals surface area contributed by atoms with E-state index in [1.54, 1.807) is 0 Å². The summed E-state index contributed by atoms with van der Waals surface area (Å²) in [5.74, 6) is -8.78. The van der Waals surface area contributed by atoms with Crippen molar-refractivity contribution < 1.29 is 39.9 Å². The van der Waals surface area contributed by atoms with Crippen LogP contribution in [0.5, 0.6) is 5.75 Å². The third kappa shape index (κ3) is 2.42. The van der Waals surface area contributed by atoms with Crippen molar-refractivity contribution in [3.05, 3.63) is 52.8 Å². The van der Waals surface area contributed by atoms with E-state index in [9.17, 15) is 39.9 Å². The van der Waals surface area contributed by atoms with E-state index in [0.717, 1.165) is 0 Å². The molecule has 10 heteroatoms. The Labute approximate surface area is 182 Å². The number of phenolic OH excluding ortho intramolecular Hbond substituents is 1. The lowest BCUT2D eigenvalue weighted by molar-refractivity contribution is -0.166. The van der Waals surface area contributed by atoms with Gasteiger partial charge in [-0.3, -0.25) is 19.3 Å². The molecule has 1 saturated carbocycles. The van der Waals surface area contributed by atoms with Crippen molar-refractivity contribution in [2.75, 3.05) is 14.1 Å². The van der Waals surface area contributed by atoms with Crippen LogP contribution in [-0.2, 0) is 14.4 Å². The van der Waals surface area contributed by atoms with Crippen LogP contribution in [-0.4, -0.2) is 79.7 Å². The summed E-state index contributed by atoms with van der Waals surface area (Å²) >= 11 is 0. The fourth-order valence-electron chi connectivity index (χ4n) is 5.21. The maximum atomic E-state index is 13.6. The van der Waals surface area contributed by atoms with Crippen LogP contribution in [0.1, 0.15) is 11.1 Å². The molecule has 0 aliphatic heterocycles. The molecule has 7 N–H and O–H groups in total. The molecule has 168 valence electrons. The first-order valence-electron chi connectivity index (χ1n) is 9.71. The number of ketones is 2. The summed E-state index contributed by atoms with van der Waals surface area (Å²) in [5.41, 5.74) is 1.16. The van der Waals surface area contributed by atoms with Crippen molar-refractivity contribution in [2.45, 2.75) is 17.7 Å². The van der Waals surface area contributed by atoms with Crippen molar-refractivity contribution >= 4 is 28.8 Å². The fourth-order valence-corrected chi connectivity index (χ4v) is 5.21. The number of primary amides is 1. The zero-order valence-electron chi connectivity index (χ0n) is 17.2. The Balaban J connectivity index is 2.08. The highest BCUT2D eigenvalue weighted by atomic mass is 16.4. The highest BCUT2D eigenvalue weighted by Gasteiger charge is 2.68. The van der Waals surface area contributed by atoms with Gasteiger partial charge in [-0.05, 0) is 31.3 Å². The van der Waals surface area contributed by atoms with Crippen molar-refractivity contribution in [3.63, 3.8) is 0 Å². The number of nitrogens with two attached hydrogens (primary N) is 1. The Kier molecular flexibility index (Phi) is 4.60. The van der Waals surface area contributed by atoms with Crippen molar-refractivity contribution in [2.24, 2.45) is 17.6 Å². The average Bonchev–Trinajstić information content (AvgIpc) is 2.70. The molecule has 0 aromatic heterocycles. The van der Waals surface area contributed by atoms with Gasteiger partial charge in [0.2, 0.25) is 5.78 Å². The number of rotatable bonds is 2. The molecule has 3 unspecified atom stereocenters. The lowest BCUT2D eigenvalue weighted by atomic mass is 9.55. The largest absolute Gasteiger partial charge is 0.508 e. The number of Topliss-reactive ketones (excluding diaryl/α,β-unsaturated/α-hetero) is 2. The van der Waals surface area contributed by atoms with Gasteiger partial charge in [-0.2, -0.15) is 0 Å². The zero-order chi connectivity index (χ0) is 23.9. The number of likely N-dealkylation sites (N-methyl/N-ethyl adjacent to an activating group) is 1. The van der Waals surface area contributed by atoms with Gasteiger partial charge in [0.05, 0.1) is 29.2 Å². The van der Waals surface area contributed by atoms with Gasteiger partial charge in [0.25, 0.3) is 5.91 Å². The van der Waals surface area contributed by atoms with Gasteiger partial charge in [0.15, 0.2) is 11.4 Å². The number of nitrogens with zero attached hydrogens (tertiary/aromatic N) is 1. The number of fused-ring (bicyclic) bond motifs is 3. The minimum Gasteiger partial charge on any atom is -0.508 e. The topological polar surface area (TPSA) is 182 Å². The second-order valence-corrected chi connectivity index (χ2v) is 8.44. The first-order valence-corrected chi connectivity index (χ1v) is 9.71. The van der Waals surface area contributed by atoms with Crippen LogP contribution in [0.2, 0.25) is 0 Å². The van der Waals surface area contributed by atoms with Crippen LogP contribution in [0.15, 0.2) is 41.7 Å². The molecule has 4 rings (SSSR count). The second kappa shape index (κ2) is 6.76. The van der Waals surface area contributed by atoms with Crippen LogP contribution >= 0.6 is 0 Å². The highest BCUT2D eigenvalue weighted by Crippen LogP contribution is 2.55. The number of hydrogen-bond donors (Lipinski definition) is 6. The third-order valence-corrected chi connectivity index (χ3v) is 6.61. The predicted octanol–water partition coefficient (Wildman–Crippen LogP) is -0.594. The van der Waals surface area contributed by atoms with E-state index in [-0.39, 0.29) is 22.4 Å². The second-order valence-electron chi connectivity index (χ2n) is 8.44. The maximum absolute atomic E-state index is 13.6. The van der Waals surface area contributed by atoms with Gasteiger partial charge in [0, 0.05) is 5.92 Å². The molecular weight excluding hydrogens is 420 g/mol. The van der Waals surface area contributed by atoms with Crippen molar-refractivity contribution in [1.82, 2.24) is 4.90 Å². The SMILES string of the molecule is C=C1c2cccc(O)c2C(O)=C2C(=O)[C@]3(O)C(O)=C(C(N)=O)C(=O)[C@H](N(C)C)C3C(O)C12. The fraction of sp³-hybridized carbons (Fsp3) is 0.318. The standard InChI is InChI=1S/C22H22N2O8/c1-7-8-5-4-6-9(25)11(8)16(26)12-10(7)17(27)14-15(24(2)3)18(28)13(21(23)31)20(30)22(14,32)19(12)29/h4-6,10,14-15,17,25-27,30,32H,1H2,2-3H3,(H2,23,31)/t10?,14?,15-,17?,22+/m1/s1. The van der Waals surface area contributed by atoms with E-state index in [1.165, 1.54) is 37.2 Å². The number of aromatic hydroxyl groups is 1. The Morgan fingerprint density at radius 2 is 1.81 bits per heavy atom. The van der Waals surface area contributed by atoms with Crippen molar-refractivity contribution in [1.29, 1.82) is 0 Å². The Bertz CT molecular complexity index is 1180. The van der Waals surface area contributed by atoms with E-state index < -0.39 is 69.7 Å². The third-order valence-electron chi connectivity index (χ3n) is 6.61. The summed E-state index contributed by atoms with van der Waals surface area (Å²) in [6.45, 7) is 3.91. The number of hydrogen-bond acceptors (Lipinski definition) is 9.